The molecule has 2 aromatic heterocycles. The molecule has 0 aliphatic carbocycles. The summed E-state index contributed by atoms with van der Waals surface area (Å²) in [7, 11) is 1.00. The average molecular weight is 762 g/mol. The summed E-state index contributed by atoms with van der Waals surface area (Å²) in [5, 5.41) is 10.0. The number of aliphatic hydroxyl groups excluding tert-OH is 1. The molecule has 1 aromatic carbocycles. The lowest BCUT2D eigenvalue weighted by molar-refractivity contribution is -0.138. The molecule has 45 heavy (non-hydrogen) atoms. The first kappa shape index (κ1) is 34.9. The number of piperazine rings is 1. The summed E-state index contributed by atoms with van der Waals surface area (Å²) in [5.41, 5.74) is -0.115. The molecule has 2 fully saturated rings. The highest BCUT2D eigenvalue weighted by Gasteiger charge is 2.35. The van der Waals surface area contributed by atoms with E-state index >= 15 is 0 Å². The van der Waals surface area contributed by atoms with E-state index in [1.165, 1.54) is 46.6 Å². The van der Waals surface area contributed by atoms with Crippen molar-refractivity contribution in [2.24, 2.45) is 0 Å². The van der Waals surface area contributed by atoms with Gasteiger partial charge in [-0.2, -0.15) is 13.2 Å². The van der Waals surface area contributed by atoms with Gasteiger partial charge in [-0.25, -0.2) is 15.0 Å². The first-order valence-corrected chi connectivity index (χ1v) is 16.1. The lowest BCUT2D eigenvalue weighted by atomic mass is 10.1. The Balaban J connectivity index is 0.00000226. The summed E-state index contributed by atoms with van der Waals surface area (Å²) in [6.45, 7) is 7.34. The maximum atomic E-state index is 13.8. The molecule has 0 radical (unpaired) electrons. The highest BCUT2D eigenvalue weighted by molar-refractivity contribution is 14.1. The number of benzene rings is 1. The maximum Gasteiger partial charge on any atom is 0.420 e. The molecule has 5 rings (SSSR count). The van der Waals surface area contributed by atoms with Crippen LogP contribution < -0.4 is 13.3 Å². The van der Waals surface area contributed by atoms with Crippen molar-refractivity contribution in [2.45, 2.75) is 44.9 Å². The topological polar surface area (TPSA) is 124 Å². The molecular formula is C29H35F3IN7O4S. The minimum Gasteiger partial charge on any atom is -0.427 e. The van der Waals surface area contributed by atoms with Gasteiger partial charge in [0.2, 0.25) is 0 Å². The van der Waals surface area contributed by atoms with E-state index in [4.69, 9.17) is 8.17 Å². The highest BCUT2D eigenvalue weighted by atomic mass is 127. The molecule has 1 atom stereocenters. The third-order valence-corrected chi connectivity index (χ3v) is 9.16. The molecule has 11 nitrogen and oxygen atoms in total. The number of aldehydes is 1. The van der Waals surface area contributed by atoms with Gasteiger partial charge in [0.15, 0.2) is 28.1 Å². The van der Waals surface area contributed by atoms with E-state index in [2.05, 4.69) is 41.9 Å². The Hall–Kier alpha value is -2.93. The minimum absolute atomic E-state index is 0.0998. The molecule has 2 aliphatic heterocycles. The Kier molecular flexibility index (Phi) is 12.5. The van der Waals surface area contributed by atoms with E-state index in [1.54, 1.807) is 12.3 Å². The number of carbonyl (C=O) groups is 2. The Morgan fingerprint density at radius 2 is 1.93 bits per heavy atom. The molecule has 16 heteroatoms. The van der Waals surface area contributed by atoms with Crippen LogP contribution in [0.2, 0.25) is 0 Å². The number of anilines is 2. The van der Waals surface area contributed by atoms with Gasteiger partial charge in [-0.1, -0.05) is 11.3 Å². The van der Waals surface area contributed by atoms with E-state index < -0.39 is 17.6 Å². The second kappa shape index (κ2) is 16.1. The molecule has 1 unspecified atom stereocenters. The fourth-order valence-corrected chi connectivity index (χ4v) is 6.70. The monoisotopic (exact) mass is 761 g/mol. The predicted octanol–water partition coefficient (Wildman–Crippen LogP) is 4.90. The van der Waals surface area contributed by atoms with Gasteiger partial charge < -0.3 is 17.9 Å². The van der Waals surface area contributed by atoms with Gasteiger partial charge in [0, 0.05) is 69.3 Å². The van der Waals surface area contributed by atoms with Crippen LogP contribution >= 0.6 is 34.3 Å². The normalized spacial score (nSPS) is 17.5. The van der Waals surface area contributed by atoms with Crippen LogP contribution in [0.15, 0.2) is 30.6 Å². The van der Waals surface area contributed by atoms with Crippen molar-refractivity contribution < 1.29 is 30.9 Å². The third-order valence-electron chi connectivity index (χ3n) is 7.73. The molecule has 0 spiro atoms. The second-order valence-corrected chi connectivity index (χ2v) is 12.1. The van der Waals surface area contributed by atoms with Crippen molar-refractivity contribution in [3.63, 3.8) is 0 Å². The molecule has 0 bridgehead atoms. The van der Waals surface area contributed by atoms with Gasteiger partial charge in [0.25, 0.3) is 5.91 Å². The van der Waals surface area contributed by atoms with Gasteiger partial charge in [-0.05, 0) is 44.5 Å². The van der Waals surface area contributed by atoms with Gasteiger partial charge in [0.1, 0.15) is 23.5 Å². The van der Waals surface area contributed by atoms with Crippen LogP contribution in [0.5, 0.6) is 5.75 Å². The first-order valence-electron chi connectivity index (χ1n) is 14.4. The van der Waals surface area contributed by atoms with Crippen LogP contribution in [0.25, 0.3) is 11.3 Å². The molecule has 4 heterocycles. The zero-order valence-electron chi connectivity index (χ0n) is 24.9. The van der Waals surface area contributed by atoms with Crippen LogP contribution in [0, 0.1) is 0 Å². The van der Waals surface area contributed by atoms with Gasteiger partial charge in [0.05, 0.1) is 23.7 Å². The van der Waals surface area contributed by atoms with E-state index in [1.807, 2.05) is 0 Å². The molecule has 2 N–H and O–H groups in total. The van der Waals surface area contributed by atoms with Crippen LogP contribution in [0.1, 0.15) is 47.1 Å². The van der Waals surface area contributed by atoms with Crippen molar-refractivity contribution in [1.29, 1.82) is 0 Å². The summed E-state index contributed by atoms with van der Waals surface area (Å²) in [6.07, 6.45) is 1.87. The van der Waals surface area contributed by atoms with Crippen molar-refractivity contribution >= 4 is 57.5 Å². The number of halogens is 4. The largest absolute Gasteiger partial charge is 0.427 e. The molecular weight excluding hydrogens is 726 g/mol. The van der Waals surface area contributed by atoms with Crippen LogP contribution in [-0.2, 0) is 17.5 Å². The smallest absolute Gasteiger partial charge is 0.420 e. The summed E-state index contributed by atoms with van der Waals surface area (Å²) in [4.78, 5) is 44.4. The van der Waals surface area contributed by atoms with Gasteiger partial charge in [-0.3, -0.25) is 19.9 Å². The molecule has 3 aromatic rings. The Morgan fingerprint density at radius 3 is 2.53 bits per heavy atom. The van der Waals surface area contributed by atoms with Crippen molar-refractivity contribution in [3.8, 4) is 17.0 Å². The fourth-order valence-electron chi connectivity index (χ4n) is 5.31. The quantitative estimate of drug-likeness (QED) is 0.218. The SMILES string of the molecule is CC1CCCN1Cc1sc(NC(=O)c2cnc(N3CCN(CCC=O)CC3)cn2)nc1-c1ccc(OI)c(C(F)(F)F)c1.CO. The van der Waals surface area contributed by atoms with E-state index in [0.29, 0.717) is 36.1 Å². The molecule has 2 aliphatic rings. The summed E-state index contributed by atoms with van der Waals surface area (Å²) in [6, 6.07) is 4.21. The average Bonchev–Trinajstić information content (AvgIpc) is 3.65. The number of hydrogen-bond acceptors (Lipinski definition) is 11. The van der Waals surface area contributed by atoms with E-state index in [0.717, 1.165) is 76.4 Å². The van der Waals surface area contributed by atoms with E-state index in [-0.39, 0.29) is 16.6 Å². The van der Waals surface area contributed by atoms with E-state index in [9.17, 15) is 22.8 Å². The lowest BCUT2D eigenvalue weighted by Crippen LogP contribution is -2.47. The van der Waals surface area contributed by atoms with Crippen molar-refractivity contribution in [3.05, 3.63) is 46.7 Å². The predicted molar refractivity (Wildman–Crippen MR) is 174 cm³/mol. The molecule has 0 saturated carbocycles. The number of carbonyl (C=O) groups excluding carboxylic acids is 2. The molecule has 244 valence electrons. The second-order valence-electron chi connectivity index (χ2n) is 10.5. The molecule has 1 amide bonds. The first-order chi connectivity index (χ1) is 21.7. The van der Waals surface area contributed by atoms with Crippen LogP contribution in [0.3, 0.4) is 0 Å². The zero-order valence-corrected chi connectivity index (χ0v) is 27.9. The maximum absolute atomic E-state index is 13.8. The number of aromatic nitrogens is 3. The number of likely N-dealkylation sites (tertiary alicyclic amines) is 1. The van der Waals surface area contributed by atoms with Gasteiger partial charge >= 0.3 is 6.18 Å². The molecule has 2 saturated heterocycles. The standard InChI is InChI=1S/C28H31F3IN7O3S.CH4O/c1-18-4-2-8-39(18)17-23-25(19-5-6-22(42-32)20(14-19)28(29,30)31)35-27(43-23)36-26(41)21-15-34-24(16-33-21)38-11-9-37(10-12-38)7-3-13-40;1-2/h5-6,13-16,18H,2-4,7-12,17H2,1H3,(H,35,36,41);2H,1H3. The number of rotatable bonds is 10. The third kappa shape index (κ3) is 8.87. The highest BCUT2D eigenvalue weighted by Crippen LogP contribution is 2.41. The number of nitrogens with one attached hydrogen (secondary N) is 1. The number of aliphatic hydroxyl groups is 1. The van der Waals surface area contributed by atoms with Crippen molar-refractivity contribution in [1.82, 2.24) is 24.8 Å². The Bertz CT molecular complexity index is 1440. The van der Waals surface area contributed by atoms with Gasteiger partial charge in [-0.15, -0.1) is 0 Å². The number of nitrogens with zero attached hydrogens (tertiary/aromatic N) is 6. The summed E-state index contributed by atoms with van der Waals surface area (Å²) < 4.78 is 46.3. The summed E-state index contributed by atoms with van der Waals surface area (Å²) >= 11 is 2.68. The number of hydrogen-bond donors (Lipinski definition) is 2. The number of amides is 1. The Morgan fingerprint density at radius 1 is 1.18 bits per heavy atom. The van der Waals surface area contributed by atoms with Crippen LogP contribution in [-0.4, -0.2) is 94.5 Å². The van der Waals surface area contributed by atoms with Crippen molar-refractivity contribution in [2.75, 3.05) is 56.6 Å². The zero-order chi connectivity index (χ0) is 32.6. The fraction of sp³-hybridized carbons (Fsp3) is 0.483. The minimum atomic E-state index is -4.61. The summed E-state index contributed by atoms with van der Waals surface area (Å²) in [5.74, 6) is -0.134. The van der Waals surface area contributed by atoms with Crippen LogP contribution in [0.4, 0.5) is 24.1 Å². The number of alkyl halides is 3. The lowest BCUT2D eigenvalue weighted by Gasteiger charge is -2.34. The number of thiazole rings is 1. The Labute approximate surface area is 277 Å².